The van der Waals surface area contributed by atoms with E-state index in [2.05, 4.69) is 10.6 Å². The first kappa shape index (κ1) is 15.5. The predicted octanol–water partition coefficient (Wildman–Crippen LogP) is 3.45. The molecular weight excluding hydrogens is 282 g/mol. The molecule has 2 rings (SSSR count). The molecule has 22 heavy (non-hydrogen) atoms. The molecule has 6 nitrogen and oxygen atoms in total. The molecule has 1 amide bonds. The van der Waals surface area contributed by atoms with E-state index in [-0.39, 0.29) is 17.2 Å². The van der Waals surface area contributed by atoms with Crippen LogP contribution in [0, 0.1) is 10.1 Å². The molecular formula is C16H17N3O3. The lowest BCUT2D eigenvalue weighted by Crippen LogP contribution is -2.15. The van der Waals surface area contributed by atoms with Gasteiger partial charge in [-0.2, -0.15) is 0 Å². The Kier molecular flexibility index (Phi) is 4.73. The van der Waals surface area contributed by atoms with Gasteiger partial charge >= 0.3 is 0 Å². The molecule has 2 aromatic carbocycles. The second-order valence-corrected chi connectivity index (χ2v) is 4.70. The molecule has 0 atom stereocenters. The summed E-state index contributed by atoms with van der Waals surface area (Å²) >= 11 is 0. The normalized spacial score (nSPS) is 10.1. The average molecular weight is 299 g/mol. The topological polar surface area (TPSA) is 84.3 Å². The zero-order valence-electron chi connectivity index (χ0n) is 12.4. The fraction of sp³-hybridized carbons (Fsp3) is 0.188. The van der Waals surface area contributed by atoms with Gasteiger partial charge in [0.25, 0.3) is 11.6 Å². The minimum absolute atomic E-state index is 0.118. The molecule has 0 saturated heterocycles. The number of aryl methyl sites for hydroxylation is 1. The highest BCUT2D eigenvalue weighted by atomic mass is 16.6. The number of non-ortho nitro benzene ring substituents is 1. The van der Waals surface area contributed by atoms with E-state index in [1.165, 1.54) is 18.2 Å². The minimum Gasteiger partial charge on any atom is -0.387 e. The van der Waals surface area contributed by atoms with Crippen molar-refractivity contribution in [1.29, 1.82) is 0 Å². The predicted molar refractivity (Wildman–Crippen MR) is 86.4 cm³/mol. The number of nitrogens with zero attached hydrogens (tertiary/aromatic N) is 1. The highest BCUT2D eigenvalue weighted by Crippen LogP contribution is 2.24. The number of nitrogens with one attached hydrogen (secondary N) is 2. The number of benzene rings is 2. The number of anilines is 2. The molecule has 0 aliphatic heterocycles. The van der Waals surface area contributed by atoms with Gasteiger partial charge in [0.2, 0.25) is 0 Å². The largest absolute Gasteiger partial charge is 0.387 e. The van der Waals surface area contributed by atoms with Crippen LogP contribution in [0.3, 0.4) is 0 Å². The van der Waals surface area contributed by atoms with Crippen molar-refractivity contribution in [3.8, 4) is 0 Å². The molecule has 2 aromatic rings. The average Bonchev–Trinajstić information content (AvgIpc) is 2.54. The van der Waals surface area contributed by atoms with Crippen molar-refractivity contribution in [3.05, 3.63) is 63.7 Å². The summed E-state index contributed by atoms with van der Waals surface area (Å²) in [5.74, 6) is -0.381. The summed E-state index contributed by atoms with van der Waals surface area (Å²) in [5, 5.41) is 16.6. The van der Waals surface area contributed by atoms with Gasteiger partial charge in [0.05, 0.1) is 10.5 Å². The fourth-order valence-corrected chi connectivity index (χ4v) is 2.19. The molecule has 0 heterocycles. The number of nitro benzene ring substituents is 1. The monoisotopic (exact) mass is 299 g/mol. The summed E-state index contributed by atoms with van der Waals surface area (Å²) in [5.41, 5.74) is 2.38. The number of carbonyl (C=O) groups is 1. The Bertz CT molecular complexity index is 714. The molecule has 0 radical (unpaired) electrons. The molecule has 6 heteroatoms. The fourth-order valence-electron chi connectivity index (χ4n) is 2.19. The van der Waals surface area contributed by atoms with Crippen LogP contribution in [0.4, 0.5) is 17.1 Å². The Morgan fingerprint density at radius 1 is 1.18 bits per heavy atom. The standard InChI is InChI=1S/C16H17N3O3/c1-3-11-6-4-5-7-14(11)18-16(20)13-10-12(19(21)22)8-9-15(13)17-2/h4-10,17H,3H2,1-2H3,(H,18,20). The van der Waals surface area contributed by atoms with Gasteiger partial charge in [-0.05, 0) is 24.1 Å². The van der Waals surface area contributed by atoms with Crippen molar-refractivity contribution in [2.24, 2.45) is 0 Å². The number of para-hydroxylation sites is 1. The summed E-state index contributed by atoms with van der Waals surface area (Å²) in [6.07, 6.45) is 0.782. The number of hydrogen-bond acceptors (Lipinski definition) is 4. The molecule has 0 unspecified atom stereocenters. The minimum atomic E-state index is -0.518. The Hall–Kier alpha value is -2.89. The first-order valence-corrected chi connectivity index (χ1v) is 6.92. The lowest BCUT2D eigenvalue weighted by atomic mass is 10.1. The maximum atomic E-state index is 12.5. The summed E-state index contributed by atoms with van der Waals surface area (Å²) in [6.45, 7) is 2.00. The molecule has 2 N–H and O–H groups in total. The number of hydrogen-bond donors (Lipinski definition) is 2. The molecule has 0 spiro atoms. The van der Waals surface area contributed by atoms with Gasteiger partial charge in [0.1, 0.15) is 0 Å². The quantitative estimate of drug-likeness (QED) is 0.654. The van der Waals surface area contributed by atoms with E-state index in [0.29, 0.717) is 11.4 Å². The lowest BCUT2D eigenvalue weighted by Gasteiger charge is -2.12. The number of amides is 1. The molecule has 0 bridgehead atoms. The first-order valence-electron chi connectivity index (χ1n) is 6.92. The van der Waals surface area contributed by atoms with E-state index in [0.717, 1.165) is 12.0 Å². The van der Waals surface area contributed by atoms with Crippen LogP contribution in [0.2, 0.25) is 0 Å². The SMILES string of the molecule is CCc1ccccc1NC(=O)c1cc([N+](=O)[O-])ccc1NC. The maximum Gasteiger partial charge on any atom is 0.270 e. The molecule has 114 valence electrons. The molecule has 0 fully saturated rings. The summed E-state index contributed by atoms with van der Waals surface area (Å²) in [4.78, 5) is 22.8. The van der Waals surface area contributed by atoms with Gasteiger partial charge in [-0.1, -0.05) is 25.1 Å². The third-order valence-electron chi connectivity index (χ3n) is 3.37. The second-order valence-electron chi connectivity index (χ2n) is 4.70. The Morgan fingerprint density at radius 2 is 1.91 bits per heavy atom. The van der Waals surface area contributed by atoms with Crippen molar-refractivity contribution >= 4 is 23.0 Å². The number of carbonyl (C=O) groups excluding carboxylic acids is 1. The zero-order valence-corrected chi connectivity index (χ0v) is 12.4. The van der Waals surface area contributed by atoms with E-state index in [9.17, 15) is 14.9 Å². The van der Waals surface area contributed by atoms with E-state index < -0.39 is 4.92 Å². The lowest BCUT2D eigenvalue weighted by molar-refractivity contribution is -0.384. The molecule has 0 aromatic heterocycles. The highest BCUT2D eigenvalue weighted by Gasteiger charge is 2.17. The van der Waals surface area contributed by atoms with Gasteiger partial charge in [-0.15, -0.1) is 0 Å². The van der Waals surface area contributed by atoms with E-state index >= 15 is 0 Å². The van der Waals surface area contributed by atoms with Gasteiger partial charge in [-0.25, -0.2) is 0 Å². The van der Waals surface area contributed by atoms with Gasteiger partial charge < -0.3 is 10.6 Å². The maximum absolute atomic E-state index is 12.5. The van der Waals surface area contributed by atoms with Crippen molar-refractivity contribution in [3.63, 3.8) is 0 Å². The van der Waals surface area contributed by atoms with Gasteiger partial charge in [0, 0.05) is 30.6 Å². The summed E-state index contributed by atoms with van der Waals surface area (Å²) in [6, 6.07) is 11.6. The van der Waals surface area contributed by atoms with Crippen LogP contribution in [-0.2, 0) is 6.42 Å². The van der Waals surface area contributed by atoms with Crippen LogP contribution >= 0.6 is 0 Å². The molecule has 0 aliphatic rings. The summed E-state index contributed by atoms with van der Waals surface area (Å²) in [7, 11) is 1.66. The third-order valence-corrected chi connectivity index (χ3v) is 3.37. The molecule has 0 saturated carbocycles. The van der Waals surface area contributed by atoms with Gasteiger partial charge in [0.15, 0.2) is 0 Å². The van der Waals surface area contributed by atoms with Crippen molar-refractivity contribution < 1.29 is 9.72 Å². The van der Waals surface area contributed by atoms with Crippen LogP contribution < -0.4 is 10.6 Å². The van der Waals surface area contributed by atoms with Crippen molar-refractivity contribution in [2.45, 2.75) is 13.3 Å². The Balaban J connectivity index is 2.36. The van der Waals surface area contributed by atoms with E-state index in [1.54, 1.807) is 7.05 Å². The van der Waals surface area contributed by atoms with Crippen LogP contribution in [0.1, 0.15) is 22.8 Å². The molecule has 0 aliphatic carbocycles. The van der Waals surface area contributed by atoms with Crippen LogP contribution in [0.5, 0.6) is 0 Å². The Morgan fingerprint density at radius 3 is 2.55 bits per heavy atom. The summed E-state index contributed by atoms with van der Waals surface area (Å²) < 4.78 is 0. The Labute approximate surface area is 128 Å². The smallest absolute Gasteiger partial charge is 0.270 e. The first-order chi connectivity index (χ1) is 10.6. The van der Waals surface area contributed by atoms with Crippen LogP contribution in [-0.4, -0.2) is 17.9 Å². The third kappa shape index (κ3) is 3.22. The van der Waals surface area contributed by atoms with E-state index in [1.807, 2.05) is 31.2 Å². The van der Waals surface area contributed by atoms with Crippen LogP contribution in [0.15, 0.2) is 42.5 Å². The van der Waals surface area contributed by atoms with Crippen molar-refractivity contribution in [1.82, 2.24) is 0 Å². The zero-order chi connectivity index (χ0) is 16.1. The van der Waals surface area contributed by atoms with Crippen LogP contribution in [0.25, 0.3) is 0 Å². The highest BCUT2D eigenvalue weighted by molar-refractivity contribution is 6.08. The van der Waals surface area contributed by atoms with Gasteiger partial charge in [-0.3, -0.25) is 14.9 Å². The van der Waals surface area contributed by atoms with E-state index in [4.69, 9.17) is 0 Å². The number of rotatable bonds is 5. The van der Waals surface area contributed by atoms with Crippen molar-refractivity contribution in [2.75, 3.05) is 17.7 Å². The number of nitro groups is 1. The second kappa shape index (κ2) is 6.71.